The van der Waals surface area contributed by atoms with Gasteiger partial charge in [-0.2, -0.15) is 0 Å². The number of halogens is 1. The Bertz CT molecular complexity index is 950. The van der Waals surface area contributed by atoms with Gasteiger partial charge in [0.1, 0.15) is 5.70 Å². The van der Waals surface area contributed by atoms with E-state index < -0.39 is 0 Å². The Labute approximate surface area is 205 Å². The highest BCUT2D eigenvalue weighted by Crippen LogP contribution is 2.39. The number of carbonyl (C=O) groups excluding carboxylic acids is 2. The molecule has 0 N–H and O–H groups in total. The second-order valence-corrected chi connectivity index (χ2v) is 10.9. The molecule has 0 bridgehead atoms. The van der Waals surface area contributed by atoms with E-state index >= 15 is 0 Å². The minimum Gasteiger partial charge on any atom is -0.355 e. The smallest absolute Gasteiger partial charge is 0.269 e. The molecule has 4 aliphatic rings. The summed E-state index contributed by atoms with van der Waals surface area (Å²) in [4.78, 5) is 35.0. The van der Waals surface area contributed by atoms with Crippen molar-refractivity contribution in [1.82, 2.24) is 19.6 Å². The number of likely N-dealkylation sites (tertiary alicyclic amines) is 1. The van der Waals surface area contributed by atoms with Crippen molar-refractivity contribution in [2.75, 3.05) is 46.3 Å². The van der Waals surface area contributed by atoms with E-state index in [1.165, 1.54) is 0 Å². The van der Waals surface area contributed by atoms with Crippen LogP contribution in [0.2, 0.25) is 5.02 Å². The van der Waals surface area contributed by atoms with Crippen molar-refractivity contribution in [3.8, 4) is 0 Å². The number of likely N-dealkylation sites (N-methyl/N-ethyl adjacent to an activating group) is 1. The van der Waals surface area contributed by atoms with Crippen LogP contribution in [0.1, 0.15) is 18.4 Å². The molecule has 2 fully saturated rings. The van der Waals surface area contributed by atoms with Crippen molar-refractivity contribution in [1.29, 1.82) is 0 Å². The number of piperazine rings is 1. The summed E-state index contributed by atoms with van der Waals surface area (Å²) in [6.45, 7) is 5.48. The molecule has 0 aliphatic carbocycles. The monoisotopic (exact) mass is 486 g/mol. The molecule has 176 valence electrons. The molecular formula is C25H31ClN4O2S. The fraction of sp³-hybridized carbons (Fsp3) is 0.520. The third-order valence-electron chi connectivity index (χ3n) is 7.27. The Balaban J connectivity index is 1.22. The molecule has 5 rings (SSSR count). The van der Waals surface area contributed by atoms with Gasteiger partial charge in [-0.1, -0.05) is 29.8 Å². The lowest BCUT2D eigenvalue weighted by atomic mass is 9.94. The topological polar surface area (TPSA) is 47.1 Å². The maximum absolute atomic E-state index is 13.6. The minimum absolute atomic E-state index is 0.0399. The van der Waals surface area contributed by atoms with Crippen LogP contribution in [-0.4, -0.2) is 89.0 Å². The van der Waals surface area contributed by atoms with Crippen LogP contribution in [0.5, 0.6) is 0 Å². The fourth-order valence-corrected chi connectivity index (χ4v) is 6.35. The molecule has 0 saturated carbocycles. The van der Waals surface area contributed by atoms with Gasteiger partial charge < -0.3 is 19.6 Å². The average molecular weight is 487 g/mol. The molecule has 1 aromatic carbocycles. The number of benzene rings is 1. The number of hydrogen-bond donors (Lipinski definition) is 0. The zero-order chi connectivity index (χ0) is 22.9. The molecule has 2 unspecified atom stereocenters. The number of hydrogen-bond acceptors (Lipinski definition) is 5. The summed E-state index contributed by atoms with van der Waals surface area (Å²) in [5.41, 5.74) is 1.93. The molecule has 0 radical (unpaired) electrons. The first-order chi connectivity index (χ1) is 16.0. The van der Waals surface area contributed by atoms with Gasteiger partial charge in [0.05, 0.1) is 11.3 Å². The number of piperidine rings is 1. The Morgan fingerprint density at radius 3 is 2.39 bits per heavy atom. The highest BCUT2D eigenvalue weighted by Gasteiger charge is 2.40. The van der Waals surface area contributed by atoms with Crippen LogP contribution >= 0.6 is 23.4 Å². The number of carbonyl (C=O) groups is 2. The summed E-state index contributed by atoms with van der Waals surface area (Å²) in [5, 5.41) is 3.14. The van der Waals surface area contributed by atoms with Gasteiger partial charge in [0, 0.05) is 56.8 Å². The lowest BCUT2D eigenvalue weighted by Gasteiger charge is -2.38. The first-order valence-corrected chi connectivity index (χ1v) is 13.1. The summed E-state index contributed by atoms with van der Waals surface area (Å²) in [6, 6.07) is 8.06. The van der Waals surface area contributed by atoms with Crippen LogP contribution in [0.25, 0.3) is 0 Å². The van der Waals surface area contributed by atoms with E-state index in [4.69, 9.17) is 11.6 Å². The molecule has 4 aliphatic heterocycles. The molecule has 6 nitrogen and oxygen atoms in total. The number of rotatable bonds is 4. The zero-order valence-corrected chi connectivity index (χ0v) is 20.6. The van der Waals surface area contributed by atoms with Crippen molar-refractivity contribution in [2.45, 2.75) is 30.7 Å². The number of amides is 2. The molecule has 33 heavy (non-hydrogen) atoms. The highest BCUT2D eigenvalue weighted by atomic mass is 35.5. The van der Waals surface area contributed by atoms with Gasteiger partial charge >= 0.3 is 0 Å². The largest absolute Gasteiger partial charge is 0.355 e. The van der Waals surface area contributed by atoms with Gasteiger partial charge in [-0.3, -0.25) is 9.59 Å². The maximum atomic E-state index is 13.6. The van der Waals surface area contributed by atoms with E-state index in [0.717, 1.165) is 55.3 Å². The Kier molecular flexibility index (Phi) is 6.72. The lowest BCUT2D eigenvalue weighted by Crippen LogP contribution is -2.51. The van der Waals surface area contributed by atoms with Crippen LogP contribution in [0.3, 0.4) is 0 Å². The predicted molar refractivity (Wildman–Crippen MR) is 133 cm³/mol. The third-order valence-corrected chi connectivity index (χ3v) is 8.57. The van der Waals surface area contributed by atoms with Gasteiger partial charge in [-0.05, 0) is 49.1 Å². The second-order valence-electron chi connectivity index (χ2n) is 9.42. The van der Waals surface area contributed by atoms with Crippen LogP contribution in [0, 0.1) is 5.92 Å². The Hall–Kier alpha value is -1.96. The van der Waals surface area contributed by atoms with Crippen molar-refractivity contribution < 1.29 is 9.59 Å². The third kappa shape index (κ3) is 4.81. The van der Waals surface area contributed by atoms with Crippen LogP contribution in [0.15, 0.2) is 47.5 Å². The average Bonchev–Trinajstić information content (AvgIpc) is 3.43. The highest BCUT2D eigenvalue weighted by molar-refractivity contribution is 8.03. The summed E-state index contributed by atoms with van der Waals surface area (Å²) < 4.78 is 0. The molecule has 0 aromatic heterocycles. The molecule has 0 spiro atoms. The van der Waals surface area contributed by atoms with Crippen molar-refractivity contribution in [2.24, 2.45) is 5.92 Å². The standard InChI is InChI=1S/C25H31ClN4O2S/c1-27-11-13-29(14-12-27)24(31)19-6-9-28(10-7-19)25(32)22-16-23-21(8-15-33-23)30(22)17-18-2-4-20(26)5-3-18/h2-5,8,15-16,19,21,23H,6-7,9-14,17H2,1H3. The summed E-state index contributed by atoms with van der Waals surface area (Å²) in [5.74, 6) is 0.409. The van der Waals surface area contributed by atoms with Gasteiger partial charge in [0.2, 0.25) is 5.91 Å². The molecule has 2 amide bonds. The lowest BCUT2D eigenvalue weighted by molar-refractivity contribution is -0.141. The Morgan fingerprint density at radius 1 is 1.00 bits per heavy atom. The van der Waals surface area contributed by atoms with Crippen molar-refractivity contribution >= 4 is 35.2 Å². The SMILES string of the molecule is CN1CCN(C(=O)C2CCN(C(=O)C3=CC4SC=CC4N3Cc3ccc(Cl)cc3)CC2)CC1. The summed E-state index contributed by atoms with van der Waals surface area (Å²) >= 11 is 7.83. The molecule has 1 aromatic rings. The first-order valence-electron chi connectivity index (χ1n) is 11.8. The van der Waals surface area contributed by atoms with Crippen molar-refractivity contribution in [3.63, 3.8) is 0 Å². The van der Waals surface area contributed by atoms with Crippen LogP contribution in [-0.2, 0) is 16.1 Å². The first kappa shape index (κ1) is 22.8. The minimum atomic E-state index is 0.0399. The van der Waals surface area contributed by atoms with Crippen molar-refractivity contribution in [3.05, 3.63) is 58.1 Å². The molecule has 2 saturated heterocycles. The number of nitrogens with zero attached hydrogens (tertiary/aromatic N) is 4. The van der Waals surface area contributed by atoms with E-state index in [9.17, 15) is 9.59 Å². The van der Waals surface area contributed by atoms with Gasteiger partial charge in [-0.15, -0.1) is 11.8 Å². The van der Waals surface area contributed by atoms with Gasteiger partial charge in [0.25, 0.3) is 5.91 Å². The molecular weight excluding hydrogens is 456 g/mol. The van der Waals surface area contributed by atoms with E-state index in [1.54, 1.807) is 11.8 Å². The number of thioether (sulfide) groups is 1. The van der Waals surface area contributed by atoms with Crippen LogP contribution in [0.4, 0.5) is 0 Å². The van der Waals surface area contributed by atoms with Gasteiger partial charge in [-0.25, -0.2) is 0 Å². The quantitative estimate of drug-likeness (QED) is 0.654. The normalized spacial score (nSPS) is 26.0. The molecule has 8 heteroatoms. The summed E-state index contributed by atoms with van der Waals surface area (Å²) in [6.07, 6.45) is 5.84. The second kappa shape index (κ2) is 9.72. The maximum Gasteiger partial charge on any atom is 0.269 e. The number of fused-ring (bicyclic) bond motifs is 1. The van der Waals surface area contributed by atoms with E-state index in [2.05, 4.69) is 34.4 Å². The van der Waals surface area contributed by atoms with E-state index in [-0.39, 0.29) is 29.0 Å². The molecule has 2 atom stereocenters. The predicted octanol–water partition coefficient (Wildman–Crippen LogP) is 3.05. The Morgan fingerprint density at radius 2 is 1.70 bits per heavy atom. The summed E-state index contributed by atoms with van der Waals surface area (Å²) in [7, 11) is 2.10. The van der Waals surface area contributed by atoms with E-state index in [1.807, 2.05) is 34.1 Å². The zero-order valence-electron chi connectivity index (χ0n) is 19.0. The van der Waals surface area contributed by atoms with E-state index in [0.29, 0.717) is 19.6 Å². The fourth-order valence-electron chi connectivity index (χ4n) is 5.19. The molecule has 4 heterocycles. The van der Waals surface area contributed by atoms with Crippen LogP contribution < -0.4 is 0 Å². The van der Waals surface area contributed by atoms with Gasteiger partial charge in [0.15, 0.2) is 0 Å².